The summed E-state index contributed by atoms with van der Waals surface area (Å²) < 4.78 is 5.24. The van der Waals surface area contributed by atoms with Gasteiger partial charge >= 0.3 is 0 Å². The maximum atomic E-state index is 12.8. The molecule has 124 valence electrons. The van der Waals surface area contributed by atoms with E-state index < -0.39 is 0 Å². The van der Waals surface area contributed by atoms with Crippen molar-refractivity contribution in [2.75, 3.05) is 7.11 Å². The van der Waals surface area contributed by atoms with E-state index in [9.17, 15) is 10.1 Å². The lowest BCUT2D eigenvalue weighted by molar-refractivity contribution is 0.103. The number of carbonyl (C=O) groups is 1. The second-order valence-electron chi connectivity index (χ2n) is 5.43. The molecule has 0 amide bonds. The van der Waals surface area contributed by atoms with Crippen molar-refractivity contribution in [3.05, 3.63) is 81.2 Å². The first-order valence-electron chi connectivity index (χ1n) is 7.67. The van der Waals surface area contributed by atoms with Crippen molar-refractivity contribution in [3.8, 4) is 11.8 Å². The number of aryl methyl sites for hydroxylation is 1. The van der Waals surface area contributed by atoms with Gasteiger partial charge in [-0.15, -0.1) is 0 Å². The van der Waals surface area contributed by atoms with Crippen molar-refractivity contribution in [1.82, 2.24) is 5.32 Å². The molecule has 0 radical (unpaired) electrons. The summed E-state index contributed by atoms with van der Waals surface area (Å²) in [4.78, 5) is 12.8. The molecule has 1 aliphatic heterocycles. The first-order chi connectivity index (χ1) is 12.2. The van der Waals surface area contributed by atoms with Gasteiger partial charge in [-0.1, -0.05) is 48.2 Å². The SMILES string of the molecule is COc1ccccc1C(=O)C(C#N)=C1NC(c2ccccc2C)=CS1. The van der Waals surface area contributed by atoms with Crippen molar-refractivity contribution >= 4 is 23.2 Å². The van der Waals surface area contributed by atoms with Crippen molar-refractivity contribution in [3.63, 3.8) is 0 Å². The Morgan fingerprint density at radius 1 is 1.16 bits per heavy atom. The number of benzene rings is 2. The van der Waals surface area contributed by atoms with Crippen LogP contribution in [-0.4, -0.2) is 12.9 Å². The Hall–Kier alpha value is -2.97. The molecule has 3 rings (SSSR count). The molecule has 2 aromatic rings. The number of para-hydroxylation sites is 1. The van der Waals surface area contributed by atoms with E-state index >= 15 is 0 Å². The number of hydrogen-bond acceptors (Lipinski definition) is 5. The van der Waals surface area contributed by atoms with Gasteiger partial charge in [0.15, 0.2) is 0 Å². The number of ketones is 1. The quantitative estimate of drug-likeness (QED) is 0.508. The van der Waals surface area contributed by atoms with Gasteiger partial charge in [0.05, 0.1) is 23.4 Å². The number of nitriles is 1. The van der Waals surface area contributed by atoms with Crippen LogP contribution in [0.5, 0.6) is 5.75 Å². The molecule has 0 saturated carbocycles. The molecular weight excluding hydrogens is 332 g/mol. The molecule has 1 aliphatic rings. The number of allylic oxidation sites excluding steroid dienone is 1. The molecule has 0 aliphatic carbocycles. The van der Waals surface area contributed by atoms with E-state index in [0.717, 1.165) is 16.8 Å². The smallest absolute Gasteiger partial charge is 0.209 e. The van der Waals surface area contributed by atoms with Crippen LogP contribution in [0.1, 0.15) is 21.5 Å². The topological polar surface area (TPSA) is 62.1 Å². The first kappa shape index (κ1) is 16.9. The molecule has 0 fully saturated rings. The maximum Gasteiger partial charge on any atom is 0.209 e. The zero-order chi connectivity index (χ0) is 17.8. The summed E-state index contributed by atoms with van der Waals surface area (Å²) in [6, 6.07) is 16.9. The van der Waals surface area contributed by atoms with Crippen LogP contribution in [-0.2, 0) is 0 Å². The standard InChI is InChI=1S/C20H16N2O2S/c1-13-7-3-4-8-14(13)17-12-25-20(22-17)16(11-21)19(23)15-9-5-6-10-18(15)24-2/h3-10,12,22H,1-2H3. The molecule has 0 saturated heterocycles. The minimum absolute atomic E-state index is 0.0781. The van der Waals surface area contributed by atoms with E-state index in [1.165, 1.54) is 18.9 Å². The summed E-state index contributed by atoms with van der Waals surface area (Å²) in [5.74, 6) is 0.102. The molecule has 0 unspecified atom stereocenters. The van der Waals surface area contributed by atoms with Gasteiger partial charge in [0, 0.05) is 11.0 Å². The van der Waals surface area contributed by atoms with Gasteiger partial charge in [0.1, 0.15) is 17.4 Å². The fourth-order valence-corrected chi connectivity index (χ4v) is 3.44. The molecule has 1 N–H and O–H groups in total. The summed E-state index contributed by atoms with van der Waals surface area (Å²) in [5.41, 5.74) is 3.51. The highest BCUT2D eigenvalue weighted by Gasteiger charge is 2.24. The summed E-state index contributed by atoms with van der Waals surface area (Å²) in [5, 5.41) is 15.2. The van der Waals surface area contributed by atoms with E-state index in [2.05, 4.69) is 5.32 Å². The lowest BCUT2D eigenvalue weighted by atomic mass is 10.0. The van der Waals surface area contributed by atoms with E-state index in [4.69, 9.17) is 4.74 Å². The number of Topliss-reactive ketones (excluding diaryl/α,β-unsaturated/α-hetero) is 1. The van der Waals surface area contributed by atoms with Crippen LogP contribution in [0.4, 0.5) is 0 Å². The zero-order valence-electron chi connectivity index (χ0n) is 13.9. The van der Waals surface area contributed by atoms with Crippen molar-refractivity contribution < 1.29 is 9.53 Å². The molecule has 0 spiro atoms. The van der Waals surface area contributed by atoms with Gasteiger partial charge in [-0.05, 0) is 24.6 Å². The largest absolute Gasteiger partial charge is 0.496 e. The Morgan fingerprint density at radius 3 is 2.60 bits per heavy atom. The van der Waals surface area contributed by atoms with Crippen LogP contribution in [0.15, 0.2) is 64.5 Å². The highest BCUT2D eigenvalue weighted by Crippen LogP contribution is 2.34. The average Bonchev–Trinajstić information content (AvgIpc) is 3.12. The second-order valence-corrected chi connectivity index (χ2v) is 6.31. The van der Waals surface area contributed by atoms with Crippen LogP contribution in [0.25, 0.3) is 5.70 Å². The van der Waals surface area contributed by atoms with Crippen LogP contribution in [0.3, 0.4) is 0 Å². The predicted molar refractivity (Wildman–Crippen MR) is 99.8 cm³/mol. The van der Waals surface area contributed by atoms with E-state index in [0.29, 0.717) is 16.3 Å². The Kier molecular flexibility index (Phi) is 4.92. The summed E-state index contributed by atoms with van der Waals surface area (Å²) in [6.07, 6.45) is 0. The Balaban J connectivity index is 1.93. The molecule has 1 heterocycles. The molecule has 2 aromatic carbocycles. The van der Waals surface area contributed by atoms with Crippen LogP contribution >= 0.6 is 11.8 Å². The third-order valence-electron chi connectivity index (χ3n) is 3.90. The third-order valence-corrected chi connectivity index (χ3v) is 4.79. The maximum absolute atomic E-state index is 12.8. The summed E-state index contributed by atoms with van der Waals surface area (Å²) in [7, 11) is 1.51. The number of thioether (sulfide) groups is 1. The molecule has 5 heteroatoms. The van der Waals surface area contributed by atoms with Gasteiger partial charge in [-0.3, -0.25) is 4.79 Å². The lowest BCUT2D eigenvalue weighted by Gasteiger charge is -2.10. The summed E-state index contributed by atoms with van der Waals surface area (Å²) >= 11 is 1.35. The van der Waals surface area contributed by atoms with Crippen molar-refractivity contribution in [2.45, 2.75) is 6.92 Å². The predicted octanol–water partition coefficient (Wildman–Crippen LogP) is 4.26. The summed E-state index contributed by atoms with van der Waals surface area (Å²) in [6.45, 7) is 2.02. The van der Waals surface area contributed by atoms with Gasteiger partial charge in [0.2, 0.25) is 5.78 Å². The normalized spacial score (nSPS) is 15.0. The monoisotopic (exact) mass is 348 g/mol. The number of nitrogens with one attached hydrogen (secondary N) is 1. The van der Waals surface area contributed by atoms with Gasteiger partial charge in [-0.2, -0.15) is 5.26 Å². The molecule has 4 nitrogen and oxygen atoms in total. The second kappa shape index (κ2) is 7.29. The molecule has 0 aromatic heterocycles. The minimum Gasteiger partial charge on any atom is -0.496 e. The molecule has 0 bridgehead atoms. The molecule has 25 heavy (non-hydrogen) atoms. The minimum atomic E-state index is -0.352. The van der Waals surface area contributed by atoms with Crippen LogP contribution < -0.4 is 10.1 Å². The van der Waals surface area contributed by atoms with Gasteiger partial charge in [0.25, 0.3) is 0 Å². The number of methoxy groups -OCH3 is 1. The highest BCUT2D eigenvalue weighted by atomic mass is 32.2. The Bertz CT molecular complexity index is 939. The number of carbonyl (C=O) groups excluding carboxylic acids is 1. The van der Waals surface area contributed by atoms with Crippen molar-refractivity contribution in [2.24, 2.45) is 0 Å². The van der Waals surface area contributed by atoms with Crippen molar-refractivity contribution in [1.29, 1.82) is 5.26 Å². The average molecular weight is 348 g/mol. The van der Waals surface area contributed by atoms with E-state index in [1.807, 2.05) is 42.7 Å². The Morgan fingerprint density at radius 2 is 1.88 bits per heavy atom. The fourth-order valence-electron chi connectivity index (χ4n) is 2.60. The number of rotatable bonds is 4. The Labute approximate surface area is 150 Å². The lowest BCUT2D eigenvalue weighted by Crippen LogP contribution is -2.13. The first-order valence-corrected chi connectivity index (χ1v) is 8.55. The fraction of sp³-hybridized carbons (Fsp3) is 0.100. The van der Waals surface area contributed by atoms with Crippen LogP contribution in [0, 0.1) is 18.3 Å². The van der Waals surface area contributed by atoms with E-state index in [1.54, 1.807) is 24.3 Å². The number of ether oxygens (including phenoxy) is 1. The third kappa shape index (κ3) is 3.30. The van der Waals surface area contributed by atoms with Crippen LogP contribution in [0.2, 0.25) is 0 Å². The number of hydrogen-bond donors (Lipinski definition) is 1. The van der Waals surface area contributed by atoms with Gasteiger partial charge < -0.3 is 10.1 Å². The highest BCUT2D eigenvalue weighted by molar-refractivity contribution is 8.06. The number of nitrogens with zero attached hydrogens (tertiary/aromatic N) is 1. The van der Waals surface area contributed by atoms with E-state index in [-0.39, 0.29) is 11.4 Å². The zero-order valence-corrected chi connectivity index (χ0v) is 14.7. The van der Waals surface area contributed by atoms with Gasteiger partial charge in [-0.25, -0.2) is 0 Å². The molecule has 0 atom stereocenters. The molecular formula is C20H16N2O2S.